The highest BCUT2D eigenvalue weighted by atomic mass is 35.5. The minimum absolute atomic E-state index is 0.0213. The van der Waals surface area contributed by atoms with Gasteiger partial charge in [0.05, 0.1) is 10.6 Å². The fourth-order valence-electron chi connectivity index (χ4n) is 2.29. The Labute approximate surface area is 167 Å². The van der Waals surface area contributed by atoms with Crippen LogP contribution in [0.5, 0.6) is 0 Å². The van der Waals surface area contributed by atoms with E-state index in [1.165, 1.54) is 30.3 Å². The Hall–Kier alpha value is -2.67. The van der Waals surface area contributed by atoms with E-state index in [9.17, 15) is 17.6 Å². The predicted molar refractivity (Wildman–Crippen MR) is 104 cm³/mol. The molecular formula is C18H18ClFN4O3S. The molecule has 148 valence electrons. The number of benzene rings is 2. The summed E-state index contributed by atoms with van der Waals surface area (Å²) in [5, 5.41) is 14.7. The average molecular weight is 425 g/mol. The van der Waals surface area contributed by atoms with E-state index in [-0.39, 0.29) is 42.4 Å². The van der Waals surface area contributed by atoms with E-state index in [0.29, 0.717) is 10.7 Å². The molecule has 0 saturated carbocycles. The van der Waals surface area contributed by atoms with Crippen molar-refractivity contribution in [3.05, 3.63) is 58.9 Å². The molecule has 2 aromatic rings. The van der Waals surface area contributed by atoms with Crippen LogP contribution in [0, 0.1) is 17.1 Å². The van der Waals surface area contributed by atoms with Gasteiger partial charge < -0.3 is 10.6 Å². The van der Waals surface area contributed by atoms with Gasteiger partial charge in [-0.2, -0.15) is 5.26 Å². The summed E-state index contributed by atoms with van der Waals surface area (Å²) in [6.45, 7) is 0.427. The molecule has 2 rings (SSSR count). The van der Waals surface area contributed by atoms with Crippen molar-refractivity contribution >= 4 is 33.2 Å². The van der Waals surface area contributed by atoms with Crippen LogP contribution in [0.2, 0.25) is 5.02 Å². The van der Waals surface area contributed by atoms with Gasteiger partial charge in [-0.3, -0.25) is 4.79 Å². The maximum atomic E-state index is 13.5. The van der Waals surface area contributed by atoms with Crippen molar-refractivity contribution in [2.75, 3.05) is 25.0 Å². The fraction of sp³-hybridized carbons (Fsp3) is 0.222. The van der Waals surface area contributed by atoms with Crippen molar-refractivity contribution in [1.29, 1.82) is 5.26 Å². The second-order valence-corrected chi connectivity index (χ2v) is 7.86. The molecule has 7 nitrogen and oxygen atoms in total. The number of carbonyl (C=O) groups excluding carboxylic acids is 1. The summed E-state index contributed by atoms with van der Waals surface area (Å²) in [6, 6.07) is 11.8. The number of halogens is 2. The summed E-state index contributed by atoms with van der Waals surface area (Å²) in [5.74, 6) is -0.973. The van der Waals surface area contributed by atoms with Crippen LogP contribution in [0.15, 0.2) is 47.4 Å². The number of hydrogen-bond acceptors (Lipinski definition) is 5. The average Bonchev–Trinajstić information content (AvgIpc) is 2.65. The minimum atomic E-state index is -3.74. The normalized spacial score (nSPS) is 10.9. The first-order valence-corrected chi connectivity index (χ1v) is 10.1. The van der Waals surface area contributed by atoms with Gasteiger partial charge in [0.2, 0.25) is 15.9 Å². The number of nitrogens with one attached hydrogen (secondary N) is 3. The first kappa shape index (κ1) is 21.6. The van der Waals surface area contributed by atoms with Crippen LogP contribution in [0.3, 0.4) is 0 Å². The third-order valence-corrected chi connectivity index (χ3v) is 5.33. The van der Waals surface area contributed by atoms with Crippen molar-refractivity contribution in [3.63, 3.8) is 0 Å². The van der Waals surface area contributed by atoms with Crippen LogP contribution >= 0.6 is 11.6 Å². The summed E-state index contributed by atoms with van der Waals surface area (Å²) < 4.78 is 40.0. The molecule has 0 fully saturated rings. The molecule has 0 atom stereocenters. The van der Waals surface area contributed by atoms with Crippen LogP contribution in [0.4, 0.5) is 10.1 Å². The molecule has 0 bridgehead atoms. The Morgan fingerprint density at radius 2 is 1.89 bits per heavy atom. The second-order valence-electron chi connectivity index (χ2n) is 5.66. The van der Waals surface area contributed by atoms with E-state index >= 15 is 0 Å². The van der Waals surface area contributed by atoms with Crippen LogP contribution in [-0.4, -0.2) is 34.0 Å². The zero-order chi connectivity index (χ0) is 20.6. The first-order chi connectivity index (χ1) is 13.3. The van der Waals surface area contributed by atoms with Crippen LogP contribution in [0.1, 0.15) is 12.0 Å². The largest absolute Gasteiger partial charge is 0.382 e. The van der Waals surface area contributed by atoms with E-state index < -0.39 is 15.8 Å². The molecule has 3 N–H and O–H groups in total. The molecule has 10 heteroatoms. The van der Waals surface area contributed by atoms with E-state index in [4.69, 9.17) is 16.9 Å². The molecule has 0 aliphatic carbocycles. The van der Waals surface area contributed by atoms with Crippen molar-refractivity contribution in [1.82, 2.24) is 10.0 Å². The van der Waals surface area contributed by atoms with Crippen LogP contribution < -0.4 is 15.4 Å². The molecule has 0 radical (unpaired) electrons. The molecule has 0 aliphatic rings. The summed E-state index contributed by atoms with van der Waals surface area (Å²) in [7, 11) is -3.74. The van der Waals surface area contributed by atoms with E-state index in [0.717, 1.165) is 0 Å². The smallest absolute Gasteiger partial charge is 0.240 e. The Bertz CT molecular complexity index is 993. The second kappa shape index (κ2) is 10.0. The molecule has 0 heterocycles. The Morgan fingerprint density at radius 3 is 2.61 bits per heavy atom. The summed E-state index contributed by atoms with van der Waals surface area (Å²) in [6.07, 6.45) is -0.0524. The highest BCUT2D eigenvalue weighted by Gasteiger charge is 2.14. The Balaban J connectivity index is 1.72. The summed E-state index contributed by atoms with van der Waals surface area (Å²) in [4.78, 5) is 11.8. The van der Waals surface area contributed by atoms with Gasteiger partial charge in [0.25, 0.3) is 0 Å². The van der Waals surface area contributed by atoms with Crippen molar-refractivity contribution in [2.24, 2.45) is 0 Å². The van der Waals surface area contributed by atoms with Gasteiger partial charge in [-0.1, -0.05) is 23.7 Å². The molecule has 2 aromatic carbocycles. The molecule has 0 saturated heterocycles. The molecule has 0 unspecified atom stereocenters. The van der Waals surface area contributed by atoms with Gasteiger partial charge in [-0.05, 0) is 30.3 Å². The summed E-state index contributed by atoms with van der Waals surface area (Å²) in [5.41, 5.74) is 0.246. The molecule has 0 aliphatic heterocycles. The quantitative estimate of drug-likeness (QED) is 0.534. The maximum Gasteiger partial charge on any atom is 0.240 e. The predicted octanol–water partition coefficient (Wildman–Crippen LogP) is 2.25. The third-order valence-electron chi connectivity index (χ3n) is 3.64. The molecule has 0 spiro atoms. The Morgan fingerprint density at radius 1 is 1.14 bits per heavy atom. The minimum Gasteiger partial charge on any atom is -0.382 e. The van der Waals surface area contributed by atoms with Crippen molar-refractivity contribution in [2.45, 2.75) is 11.3 Å². The monoisotopic (exact) mass is 424 g/mol. The Kier molecular flexibility index (Phi) is 7.75. The number of nitriles is 1. The third kappa shape index (κ3) is 6.20. The lowest BCUT2D eigenvalue weighted by Crippen LogP contribution is -2.33. The molecule has 1 amide bonds. The first-order valence-electron chi connectivity index (χ1n) is 8.28. The summed E-state index contributed by atoms with van der Waals surface area (Å²) >= 11 is 5.78. The van der Waals surface area contributed by atoms with Crippen molar-refractivity contribution in [3.8, 4) is 6.07 Å². The van der Waals surface area contributed by atoms with Gasteiger partial charge in [0.1, 0.15) is 17.4 Å². The number of nitrogens with zero attached hydrogens (tertiary/aromatic N) is 1. The number of anilines is 1. The topological polar surface area (TPSA) is 111 Å². The SMILES string of the molecule is N#Cc1c(F)cccc1NCCNC(=O)CCNS(=O)(=O)c1cccc(Cl)c1. The number of sulfonamides is 1. The standard InChI is InChI=1S/C18H18ClFN4O3S/c19-13-3-1-4-14(11-13)28(26,27)24-8-7-18(25)23-10-9-22-17-6-2-5-16(20)15(17)12-21/h1-6,11,22,24H,7-10H2,(H,23,25). The van der Waals surface area contributed by atoms with Gasteiger partial charge >= 0.3 is 0 Å². The molecule has 28 heavy (non-hydrogen) atoms. The number of hydrogen-bond donors (Lipinski definition) is 3. The highest BCUT2D eigenvalue weighted by molar-refractivity contribution is 7.89. The van der Waals surface area contributed by atoms with Gasteiger partial charge in [-0.15, -0.1) is 0 Å². The zero-order valence-electron chi connectivity index (χ0n) is 14.7. The lowest BCUT2D eigenvalue weighted by atomic mass is 10.2. The maximum absolute atomic E-state index is 13.5. The van der Waals surface area contributed by atoms with E-state index in [2.05, 4.69) is 15.4 Å². The highest BCUT2D eigenvalue weighted by Crippen LogP contribution is 2.17. The van der Waals surface area contributed by atoms with Crippen LogP contribution in [-0.2, 0) is 14.8 Å². The van der Waals surface area contributed by atoms with Crippen molar-refractivity contribution < 1.29 is 17.6 Å². The number of amides is 1. The van der Waals surface area contributed by atoms with Gasteiger partial charge in [0.15, 0.2) is 0 Å². The van der Waals surface area contributed by atoms with Crippen LogP contribution in [0.25, 0.3) is 0 Å². The zero-order valence-corrected chi connectivity index (χ0v) is 16.3. The van der Waals surface area contributed by atoms with Gasteiger partial charge in [0, 0.05) is 31.1 Å². The van der Waals surface area contributed by atoms with Gasteiger partial charge in [-0.25, -0.2) is 17.5 Å². The lowest BCUT2D eigenvalue weighted by Gasteiger charge is -2.10. The lowest BCUT2D eigenvalue weighted by molar-refractivity contribution is -0.120. The van der Waals surface area contributed by atoms with E-state index in [1.807, 2.05) is 0 Å². The molecular weight excluding hydrogens is 407 g/mol. The molecule has 0 aromatic heterocycles. The van der Waals surface area contributed by atoms with E-state index in [1.54, 1.807) is 18.2 Å². The number of carbonyl (C=O) groups is 1. The fourth-order valence-corrected chi connectivity index (χ4v) is 3.62. The number of rotatable bonds is 9.